The Morgan fingerprint density at radius 3 is 3.32 bits per heavy atom. The fourth-order valence-corrected chi connectivity index (χ4v) is 3.45. The van der Waals surface area contributed by atoms with E-state index in [-0.39, 0.29) is 18.1 Å². The number of fused-ring (bicyclic) bond motifs is 1. The average Bonchev–Trinajstić information content (AvgIpc) is 3.16. The molecule has 1 amide bonds. The Morgan fingerprint density at radius 2 is 2.50 bits per heavy atom. The van der Waals surface area contributed by atoms with Gasteiger partial charge in [-0.3, -0.25) is 4.79 Å². The molecule has 0 radical (unpaired) electrons. The zero-order valence-corrected chi connectivity index (χ0v) is 13.6. The maximum atomic E-state index is 12.3. The first-order chi connectivity index (χ1) is 10.7. The van der Waals surface area contributed by atoms with Gasteiger partial charge in [0, 0.05) is 43.4 Å². The fraction of sp³-hybridized carbons (Fsp3) is 0.533. The molecule has 1 aliphatic rings. The summed E-state index contributed by atoms with van der Waals surface area (Å²) in [7, 11) is 0. The lowest BCUT2D eigenvalue weighted by atomic mass is 10.1. The van der Waals surface area contributed by atoms with E-state index >= 15 is 0 Å². The van der Waals surface area contributed by atoms with E-state index in [1.54, 1.807) is 11.6 Å². The molecule has 6 nitrogen and oxygen atoms in total. The van der Waals surface area contributed by atoms with Gasteiger partial charge >= 0.3 is 0 Å². The monoisotopic (exact) mass is 320 g/mol. The number of ether oxygens (including phenoxy) is 1. The number of nitrogens with one attached hydrogen (secondary N) is 1. The van der Waals surface area contributed by atoms with E-state index in [0.29, 0.717) is 12.3 Å². The largest absolute Gasteiger partial charge is 0.372 e. The van der Waals surface area contributed by atoms with Crippen molar-refractivity contribution in [3.05, 3.63) is 34.3 Å². The van der Waals surface area contributed by atoms with Gasteiger partial charge in [0.1, 0.15) is 22.6 Å². The smallest absolute Gasteiger partial charge is 0.271 e. The Labute approximate surface area is 133 Å². The Bertz CT molecular complexity index is 652. The molecule has 0 saturated carbocycles. The summed E-state index contributed by atoms with van der Waals surface area (Å²) >= 11 is 1.47. The summed E-state index contributed by atoms with van der Waals surface area (Å²) in [4.78, 5) is 21.0. The number of amides is 1. The number of rotatable bonds is 5. The molecule has 22 heavy (non-hydrogen) atoms. The molecule has 0 saturated heterocycles. The van der Waals surface area contributed by atoms with Gasteiger partial charge in [-0.1, -0.05) is 0 Å². The van der Waals surface area contributed by atoms with Crippen LogP contribution in [0.5, 0.6) is 0 Å². The molecule has 0 unspecified atom stereocenters. The summed E-state index contributed by atoms with van der Waals surface area (Å²) in [5.74, 6) is 0.978. The molecule has 1 aliphatic heterocycles. The van der Waals surface area contributed by atoms with Gasteiger partial charge in [0.15, 0.2) is 0 Å². The number of aromatic nitrogens is 3. The van der Waals surface area contributed by atoms with Crippen LogP contribution in [0.3, 0.4) is 0 Å². The first-order valence-corrected chi connectivity index (χ1v) is 8.43. The second kappa shape index (κ2) is 6.58. The normalized spacial score (nSPS) is 18.7. The quantitative estimate of drug-likeness (QED) is 0.917. The van der Waals surface area contributed by atoms with Gasteiger partial charge < -0.3 is 14.6 Å². The highest BCUT2D eigenvalue weighted by molar-refractivity contribution is 7.09. The van der Waals surface area contributed by atoms with E-state index in [9.17, 15) is 4.79 Å². The van der Waals surface area contributed by atoms with E-state index in [1.165, 1.54) is 11.3 Å². The molecule has 1 N–H and O–H groups in total. The summed E-state index contributed by atoms with van der Waals surface area (Å²) in [6, 6.07) is 0.128. The molecule has 3 rings (SSSR count). The molecular formula is C15H20N4O2S. The van der Waals surface area contributed by atoms with Crippen LogP contribution in [0.25, 0.3) is 0 Å². The maximum Gasteiger partial charge on any atom is 0.271 e. The van der Waals surface area contributed by atoms with Crippen LogP contribution in [0.4, 0.5) is 0 Å². The minimum atomic E-state index is -0.111. The van der Waals surface area contributed by atoms with Crippen LogP contribution in [0, 0.1) is 0 Å². The molecule has 0 aliphatic carbocycles. The van der Waals surface area contributed by atoms with Crippen LogP contribution in [-0.2, 0) is 17.7 Å². The topological polar surface area (TPSA) is 69.0 Å². The first-order valence-electron chi connectivity index (χ1n) is 7.55. The standard InChI is InChI=1S/C15H20N4O2S/c1-3-21-10(2)15-18-12(9-22-15)14(20)17-11-4-5-13-16-6-7-19(13)8-11/h6-7,9-11H,3-5,8H2,1-2H3,(H,17,20)/t10-,11-/m0/s1. The number of imidazole rings is 1. The highest BCUT2D eigenvalue weighted by atomic mass is 32.1. The minimum absolute atomic E-state index is 0.0697. The van der Waals surface area contributed by atoms with Crippen molar-refractivity contribution in [1.29, 1.82) is 0 Å². The predicted octanol–water partition coefficient (Wildman–Crippen LogP) is 2.18. The zero-order chi connectivity index (χ0) is 15.5. The van der Waals surface area contributed by atoms with Crippen molar-refractivity contribution in [2.75, 3.05) is 6.61 Å². The van der Waals surface area contributed by atoms with Crippen LogP contribution >= 0.6 is 11.3 Å². The van der Waals surface area contributed by atoms with Gasteiger partial charge in [0.2, 0.25) is 0 Å². The molecule has 2 aromatic heterocycles. The second-order valence-electron chi connectivity index (χ2n) is 5.37. The van der Waals surface area contributed by atoms with E-state index in [4.69, 9.17) is 4.74 Å². The van der Waals surface area contributed by atoms with Crippen molar-refractivity contribution in [3.63, 3.8) is 0 Å². The summed E-state index contributed by atoms with van der Waals surface area (Å²) in [5.41, 5.74) is 0.475. The molecule has 0 spiro atoms. The lowest BCUT2D eigenvalue weighted by Gasteiger charge is -2.24. The molecule has 0 fully saturated rings. The van der Waals surface area contributed by atoms with Crippen LogP contribution in [-0.4, -0.2) is 33.1 Å². The Balaban J connectivity index is 1.61. The van der Waals surface area contributed by atoms with Crippen molar-refractivity contribution in [3.8, 4) is 0 Å². The van der Waals surface area contributed by atoms with Crippen molar-refractivity contribution in [1.82, 2.24) is 19.9 Å². The van der Waals surface area contributed by atoms with E-state index in [1.807, 2.05) is 20.0 Å². The van der Waals surface area contributed by atoms with Gasteiger partial charge in [-0.15, -0.1) is 11.3 Å². The van der Waals surface area contributed by atoms with Gasteiger partial charge in [-0.05, 0) is 20.3 Å². The second-order valence-corrected chi connectivity index (χ2v) is 6.26. The van der Waals surface area contributed by atoms with E-state index < -0.39 is 0 Å². The molecule has 3 heterocycles. The van der Waals surface area contributed by atoms with Gasteiger partial charge in [0.25, 0.3) is 5.91 Å². The Hall–Kier alpha value is -1.73. The lowest BCUT2D eigenvalue weighted by Crippen LogP contribution is -2.41. The first kappa shape index (κ1) is 15.2. The molecular weight excluding hydrogens is 300 g/mol. The van der Waals surface area contributed by atoms with Crippen molar-refractivity contribution in [2.45, 2.75) is 45.4 Å². The average molecular weight is 320 g/mol. The highest BCUT2D eigenvalue weighted by Gasteiger charge is 2.22. The summed E-state index contributed by atoms with van der Waals surface area (Å²) < 4.78 is 7.60. The van der Waals surface area contributed by atoms with Crippen LogP contribution in [0.2, 0.25) is 0 Å². The third-order valence-electron chi connectivity index (χ3n) is 3.79. The fourth-order valence-electron chi connectivity index (χ4n) is 2.64. The van der Waals surface area contributed by atoms with Crippen LogP contribution < -0.4 is 5.32 Å². The summed E-state index contributed by atoms with van der Waals surface area (Å²) in [5, 5.41) is 5.70. The molecule has 0 bridgehead atoms. The lowest BCUT2D eigenvalue weighted by molar-refractivity contribution is 0.0759. The van der Waals surface area contributed by atoms with Crippen molar-refractivity contribution >= 4 is 17.2 Å². The van der Waals surface area contributed by atoms with Gasteiger partial charge in [0.05, 0.1) is 0 Å². The van der Waals surface area contributed by atoms with Crippen molar-refractivity contribution in [2.24, 2.45) is 0 Å². The molecule has 2 aromatic rings. The summed E-state index contributed by atoms with van der Waals surface area (Å²) in [6.07, 6.45) is 5.50. The number of hydrogen-bond acceptors (Lipinski definition) is 5. The number of nitrogens with zero attached hydrogens (tertiary/aromatic N) is 3. The predicted molar refractivity (Wildman–Crippen MR) is 84.0 cm³/mol. The van der Waals surface area contributed by atoms with E-state index in [0.717, 1.165) is 30.2 Å². The number of carbonyl (C=O) groups is 1. The Morgan fingerprint density at radius 1 is 1.64 bits per heavy atom. The highest BCUT2D eigenvalue weighted by Crippen LogP contribution is 2.21. The SMILES string of the molecule is CCO[C@@H](C)c1nc(C(=O)N[C@H]2CCc3nccn3C2)cs1. The summed E-state index contributed by atoms with van der Waals surface area (Å²) in [6.45, 7) is 5.31. The van der Waals surface area contributed by atoms with E-state index in [2.05, 4.69) is 19.9 Å². The maximum absolute atomic E-state index is 12.3. The Kier molecular flexibility index (Phi) is 4.54. The van der Waals surface area contributed by atoms with Gasteiger partial charge in [-0.25, -0.2) is 9.97 Å². The zero-order valence-electron chi connectivity index (χ0n) is 12.8. The molecule has 2 atom stereocenters. The van der Waals surface area contributed by atoms with Crippen molar-refractivity contribution < 1.29 is 9.53 Å². The molecule has 0 aromatic carbocycles. The number of hydrogen-bond donors (Lipinski definition) is 1. The minimum Gasteiger partial charge on any atom is -0.372 e. The van der Waals surface area contributed by atoms with Crippen LogP contribution in [0.1, 0.15) is 47.7 Å². The molecule has 118 valence electrons. The number of thiazole rings is 1. The number of carbonyl (C=O) groups excluding carboxylic acids is 1. The van der Waals surface area contributed by atoms with Gasteiger partial charge in [-0.2, -0.15) is 0 Å². The molecule has 7 heteroatoms. The third-order valence-corrected chi connectivity index (χ3v) is 4.80. The van der Waals surface area contributed by atoms with Crippen LogP contribution in [0.15, 0.2) is 17.8 Å². The number of aryl methyl sites for hydroxylation is 1. The third kappa shape index (κ3) is 3.20.